The summed E-state index contributed by atoms with van der Waals surface area (Å²) in [7, 11) is 1.57. The number of ether oxygens (including phenoxy) is 1. The van der Waals surface area contributed by atoms with E-state index in [1.54, 1.807) is 44.4 Å². The van der Waals surface area contributed by atoms with Crippen molar-refractivity contribution in [2.45, 2.75) is 6.92 Å². The van der Waals surface area contributed by atoms with E-state index in [4.69, 9.17) is 16.3 Å². The lowest BCUT2D eigenvalue weighted by Crippen LogP contribution is -1.90. The lowest BCUT2D eigenvalue weighted by atomic mass is 10.0. The summed E-state index contributed by atoms with van der Waals surface area (Å²) in [6.07, 6.45) is 0. The van der Waals surface area contributed by atoms with Gasteiger partial charge < -0.3 is 4.74 Å². The average molecular weight is 251 g/mol. The van der Waals surface area contributed by atoms with E-state index in [-0.39, 0.29) is 5.82 Å². The minimum absolute atomic E-state index is 0.248. The second-order valence-corrected chi connectivity index (χ2v) is 4.19. The van der Waals surface area contributed by atoms with Crippen LogP contribution in [0.2, 0.25) is 5.02 Å². The van der Waals surface area contributed by atoms with Gasteiger partial charge in [-0.05, 0) is 30.7 Å². The Balaban J connectivity index is 2.63. The van der Waals surface area contributed by atoms with E-state index in [2.05, 4.69) is 0 Å². The summed E-state index contributed by atoms with van der Waals surface area (Å²) in [5.41, 5.74) is 1.74. The van der Waals surface area contributed by atoms with Crippen molar-refractivity contribution in [2.24, 2.45) is 0 Å². The molecule has 0 fully saturated rings. The van der Waals surface area contributed by atoms with E-state index in [0.717, 1.165) is 0 Å². The Morgan fingerprint density at radius 2 is 1.88 bits per heavy atom. The molecular formula is C14H12ClFO. The molecule has 0 amide bonds. The highest BCUT2D eigenvalue weighted by molar-refractivity contribution is 6.33. The predicted octanol–water partition coefficient (Wildman–Crippen LogP) is 4.46. The molecule has 0 aliphatic carbocycles. The van der Waals surface area contributed by atoms with Gasteiger partial charge in [0.05, 0.1) is 7.11 Å². The summed E-state index contributed by atoms with van der Waals surface area (Å²) in [5.74, 6) is 0.410. The summed E-state index contributed by atoms with van der Waals surface area (Å²) in [4.78, 5) is 0. The van der Waals surface area contributed by atoms with Crippen LogP contribution in [0.5, 0.6) is 5.75 Å². The first-order valence-corrected chi connectivity index (χ1v) is 5.60. The molecule has 2 aromatic rings. The molecule has 0 saturated heterocycles. The fourth-order valence-electron chi connectivity index (χ4n) is 1.69. The summed E-state index contributed by atoms with van der Waals surface area (Å²) >= 11 is 6.09. The van der Waals surface area contributed by atoms with Gasteiger partial charge in [0.2, 0.25) is 0 Å². The maximum atomic E-state index is 14.0. The van der Waals surface area contributed by atoms with Crippen LogP contribution < -0.4 is 4.74 Å². The molecule has 88 valence electrons. The fraction of sp³-hybridized carbons (Fsp3) is 0.143. The van der Waals surface area contributed by atoms with Crippen LogP contribution in [0.25, 0.3) is 11.1 Å². The van der Waals surface area contributed by atoms with Crippen LogP contribution in [-0.4, -0.2) is 7.11 Å². The predicted molar refractivity (Wildman–Crippen MR) is 68.1 cm³/mol. The van der Waals surface area contributed by atoms with Crippen molar-refractivity contribution in [3.05, 3.63) is 52.8 Å². The Kier molecular flexibility index (Phi) is 3.34. The van der Waals surface area contributed by atoms with Gasteiger partial charge in [0.15, 0.2) is 0 Å². The first-order valence-electron chi connectivity index (χ1n) is 5.22. The Morgan fingerprint density at radius 1 is 1.12 bits per heavy atom. The van der Waals surface area contributed by atoms with Crippen LogP contribution in [0.1, 0.15) is 5.56 Å². The molecule has 2 rings (SSSR count). The Morgan fingerprint density at radius 3 is 2.59 bits per heavy atom. The van der Waals surface area contributed by atoms with Crippen molar-refractivity contribution in [3.8, 4) is 16.9 Å². The molecule has 0 N–H and O–H groups in total. The van der Waals surface area contributed by atoms with Gasteiger partial charge in [-0.1, -0.05) is 29.8 Å². The zero-order valence-corrected chi connectivity index (χ0v) is 10.4. The van der Waals surface area contributed by atoms with Gasteiger partial charge in [-0.2, -0.15) is 0 Å². The number of hydrogen-bond acceptors (Lipinski definition) is 1. The third kappa shape index (κ3) is 2.27. The molecule has 0 bridgehead atoms. The summed E-state index contributed by atoms with van der Waals surface area (Å²) < 4.78 is 19.1. The van der Waals surface area contributed by atoms with Gasteiger partial charge in [0.25, 0.3) is 0 Å². The van der Waals surface area contributed by atoms with E-state index < -0.39 is 0 Å². The standard InChI is InChI=1S/C14H12ClFO/c1-9-4-3-5-11(14(9)16)12-8-10(17-2)6-7-13(12)15/h3-8H,1-2H3. The van der Waals surface area contributed by atoms with E-state index in [1.807, 2.05) is 6.07 Å². The molecule has 0 aliphatic heterocycles. The van der Waals surface area contributed by atoms with E-state index >= 15 is 0 Å². The molecule has 0 radical (unpaired) electrons. The highest BCUT2D eigenvalue weighted by Gasteiger charge is 2.11. The number of aryl methyl sites for hydroxylation is 1. The average Bonchev–Trinajstić information content (AvgIpc) is 2.34. The maximum absolute atomic E-state index is 14.0. The largest absolute Gasteiger partial charge is 0.497 e. The molecule has 0 atom stereocenters. The minimum atomic E-state index is -0.248. The smallest absolute Gasteiger partial charge is 0.133 e. The number of hydrogen-bond donors (Lipinski definition) is 0. The van der Waals surface area contributed by atoms with Crippen LogP contribution in [0.15, 0.2) is 36.4 Å². The molecule has 0 aliphatic rings. The maximum Gasteiger partial charge on any atom is 0.133 e. The quantitative estimate of drug-likeness (QED) is 0.765. The van der Waals surface area contributed by atoms with Crippen LogP contribution >= 0.6 is 11.6 Å². The van der Waals surface area contributed by atoms with E-state index in [1.165, 1.54) is 0 Å². The zero-order chi connectivity index (χ0) is 12.4. The van der Waals surface area contributed by atoms with E-state index in [9.17, 15) is 4.39 Å². The van der Waals surface area contributed by atoms with Gasteiger partial charge in [-0.3, -0.25) is 0 Å². The lowest BCUT2D eigenvalue weighted by molar-refractivity contribution is 0.415. The molecule has 17 heavy (non-hydrogen) atoms. The Hall–Kier alpha value is -1.54. The molecule has 0 unspecified atom stereocenters. The number of halogens is 2. The summed E-state index contributed by atoms with van der Waals surface area (Å²) in [6.45, 7) is 1.73. The zero-order valence-electron chi connectivity index (χ0n) is 9.63. The molecule has 0 saturated carbocycles. The van der Waals surface area contributed by atoms with Crippen molar-refractivity contribution in [1.82, 2.24) is 0 Å². The second-order valence-electron chi connectivity index (χ2n) is 3.78. The lowest BCUT2D eigenvalue weighted by Gasteiger charge is -2.09. The molecule has 2 aromatic carbocycles. The van der Waals surface area contributed by atoms with Crippen molar-refractivity contribution < 1.29 is 9.13 Å². The topological polar surface area (TPSA) is 9.23 Å². The first-order chi connectivity index (χ1) is 8.13. The summed E-state index contributed by atoms with van der Waals surface area (Å²) in [5, 5.41) is 0.510. The van der Waals surface area contributed by atoms with Crippen LogP contribution in [0.4, 0.5) is 4.39 Å². The number of benzene rings is 2. The molecule has 3 heteroatoms. The highest BCUT2D eigenvalue weighted by Crippen LogP contribution is 2.33. The number of rotatable bonds is 2. The minimum Gasteiger partial charge on any atom is -0.497 e. The SMILES string of the molecule is COc1ccc(Cl)c(-c2cccc(C)c2F)c1. The van der Waals surface area contributed by atoms with Gasteiger partial charge in [0.1, 0.15) is 11.6 Å². The molecule has 0 spiro atoms. The van der Waals surface area contributed by atoms with Gasteiger partial charge in [-0.25, -0.2) is 4.39 Å². The van der Waals surface area contributed by atoms with Crippen LogP contribution in [0, 0.1) is 12.7 Å². The van der Waals surface area contributed by atoms with Gasteiger partial charge in [0, 0.05) is 16.1 Å². The normalized spacial score (nSPS) is 10.4. The van der Waals surface area contributed by atoms with Crippen molar-refractivity contribution in [3.63, 3.8) is 0 Å². The van der Waals surface area contributed by atoms with Crippen LogP contribution in [-0.2, 0) is 0 Å². The highest BCUT2D eigenvalue weighted by atomic mass is 35.5. The van der Waals surface area contributed by atoms with Gasteiger partial charge >= 0.3 is 0 Å². The summed E-state index contributed by atoms with van der Waals surface area (Å²) in [6, 6.07) is 10.4. The third-order valence-electron chi connectivity index (χ3n) is 2.66. The Bertz CT molecular complexity index is 552. The molecular weight excluding hydrogens is 239 g/mol. The third-order valence-corrected chi connectivity index (χ3v) is 2.99. The first kappa shape index (κ1) is 11.9. The van der Waals surface area contributed by atoms with Crippen molar-refractivity contribution in [1.29, 1.82) is 0 Å². The second kappa shape index (κ2) is 4.76. The molecule has 0 heterocycles. The molecule has 1 nitrogen and oxygen atoms in total. The monoisotopic (exact) mass is 250 g/mol. The van der Waals surface area contributed by atoms with Crippen molar-refractivity contribution >= 4 is 11.6 Å². The fourth-order valence-corrected chi connectivity index (χ4v) is 1.91. The Labute approximate surface area is 105 Å². The van der Waals surface area contributed by atoms with E-state index in [0.29, 0.717) is 27.5 Å². The van der Waals surface area contributed by atoms with Crippen molar-refractivity contribution in [2.75, 3.05) is 7.11 Å². The molecule has 0 aromatic heterocycles. The van der Waals surface area contributed by atoms with Gasteiger partial charge in [-0.15, -0.1) is 0 Å². The number of methoxy groups -OCH3 is 1. The van der Waals surface area contributed by atoms with Crippen LogP contribution in [0.3, 0.4) is 0 Å².